The standard InChI is InChI=1S/C18H22N2O3/c1-10-15-14(20-19-10)9-18(3,22)17(11(2)21)16(15)12-5-7-13(23-4)8-6-12/h5-8,16-17,22H,9H2,1-4H3,(H,19,20)/t16-,17+,18+/m1/s1. The maximum Gasteiger partial charge on any atom is 0.136 e. The molecule has 0 aliphatic heterocycles. The first-order chi connectivity index (χ1) is 10.8. The van der Waals surface area contributed by atoms with Gasteiger partial charge in [-0.2, -0.15) is 5.10 Å². The van der Waals surface area contributed by atoms with Crippen LogP contribution in [0.15, 0.2) is 24.3 Å². The number of ether oxygens (including phenoxy) is 1. The van der Waals surface area contributed by atoms with E-state index in [0.717, 1.165) is 28.3 Å². The Labute approximate surface area is 135 Å². The van der Waals surface area contributed by atoms with Crippen molar-refractivity contribution in [3.8, 4) is 5.75 Å². The maximum absolute atomic E-state index is 12.3. The Bertz CT molecular complexity index is 731. The summed E-state index contributed by atoms with van der Waals surface area (Å²) in [5.74, 6) is 0.0394. The van der Waals surface area contributed by atoms with Crippen molar-refractivity contribution < 1.29 is 14.6 Å². The molecule has 1 aliphatic rings. The number of fused-ring (bicyclic) bond motifs is 1. The molecule has 0 amide bonds. The molecule has 1 heterocycles. The molecule has 0 saturated heterocycles. The molecular formula is C18H22N2O3. The molecule has 122 valence electrons. The van der Waals surface area contributed by atoms with Gasteiger partial charge in [-0.05, 0) is 38.5 Å². The van der Waals surface area contributed by atoms with Crippen LogP contribution in [-0.4, -0.2) is 33.8 Å². The molecule has 0 bridgehead atoms. The number of methoxy groups -OCH3 is 1. The van der Waals surface area contributed by atoms with Crippen molar-refractivity contribution in [2.45, 2.75) is 38.7 Å². The number of hydrogen-bond acceptors (Lipinski definition) is 4. The summed E-state index contributed by atoms with van der Waals surface area (Å²) in [5.41, 5.74) is 2.68. The number of Topliss-reactive ketones (excluding diaryl/α,β-unsaturated/α-hetero) is 1. The van der Waals surface area contributed by atoms with Gasteiger partial charge in [-0.25, -0.2) is 0 Å². The molecule has 5 heteroatoms. The van der Waals surface area contributed by atoms with E-state index in [1.807, 2.05) is 31.2 Å². The van der Waals surface area contributed by atoms with Crippen LogP contribution >= 0.6 is 0 Å². The lowest BCUT2D eigenvalue weighted by molar-refractivity contribution is -0.130. The van der Waals surface area contributed by atoms with Gasteiger partial charge in [0, 0.05) is 23.6 Å². The van der Waals surface area contributed by atoms with Crippen molar-refractivity contribution in [1.29, 1.82) is 0 Å². The number of carbonyl (C=O) groups excluding carboxylic acids is 1. The van der Waals surface area contributed by atoms with E-state index < -0.39 is 11.5 Å². The van der Waals surface area contributed by atoms with Crippen LogP contribution in [0.2, 0.25) is 0 Å². The number of aromatic nitrogens is 2. The lowest BCUT2D eigenvalue weighted by Crippen LogP contribution is -2.48. The molecule has 0 saturated carbocycles. The van der Waals surface area contributed by atoms with E-state index >= 15 is 0 Å². The number of carbonyl (C=O) groups is 1. The van der Waals surface area contributed by atoms with Gasteiger partial charge >= 0.3 is 0 Å². The quantitative estimate of drug-likeness (QED) is 0.912. The minimum atomic E-state index is -1.12. The second-order valence-corrected chi connectivity index (χ2v) is 6.58. The summed E-state index contributed by atoms with van der Waals surface area (Å²) in [7, 11) is 1.62. The number of aliphatic hydroxyl groups is 1. The predicted octanol–water partition coefficient (Wildman–Crippen LogP) is 2.37. The maximum atomic E-state index is 12.3. The summed E-state index contributed by atoms with van der Waals surface area (Å²) in [4.78, 5) is 12.3. The Morgan fingerprint density at radius 3 is 2.61 bits per heavy atom. The van der Waals surface area contributed by atoms with Crippen molar-refractivity contribution >= 4 is 5.78 Å². The summed E-state index contributed by atoms with van der Waals surface area (Å²) in [6.45, 7) is 5.23. The summed E-state index contributed by atoms with van der Waals surface area (Å²) in [6.07, 6.45) is 0.379. The lowest BCUT2D eigenvalue weighted by atomic mass is 9.64. The third-order valence-electron chi connectivity index (χ3n) is 4.83. The fourth-order valence-corrected chi connectivity index (χ4v) is 3.85. The van der Waals surface area contributed by atoms with Crippen molar-refractivity contribution in [3.63, 3.8) is 0 Å². The first kappa shape index (κ1) is 15.7. The van der Waals surface area contributed by atoms with Crippen LogP contribution in [0.1, 0.15) is 42.3 Å². The summed E-state index contributed by atoms with van der Waals surface area (Å²) in [6, 6.07) is 7.67. The zero-order chi connectivity index (χ0) is 16.8. The molecule has 3 rings (SSSR count). The average Bonchev–Trinajstić information content (AvgIpc) is 2.85. The Balaban J connectivity index is 2.19. The molecule has 0 radical (unpaired) electrons. The van der Waals surface area contributed by atoms with E-state index in [9.17, 15) is 9.90 Å². The lowest BCUT2D eigenvalue weighted by Gasteiger charge is -2.41. The van der Waals surface area contributed by atoms with Crippen LogP contribution in [0, 0.1) is 12.8 Å². The molecule has 1 aromatic carbocycles. The van der Waals surface area contributed by atoms with Crippen LogP contribution in [0.25, 0.3) is 0 Å². The van der Waals surface area contributed by atoms with Gasteiger partial charge in [0.15, 0.2) is 0 Å². The van der Waals surface area contributed by atoms with Crippen molar-refractivity contribution in [1.82, 2.24) is 10.2 Å². The van der Waals surface area contributed by atoms with Gasteiger partial charge in [-0.15, -0.1) is 0 Å². The highest BCUT2D eigenvalue weighted by Gasteiger charge is 2.48. The van der Waals surface area contributed by atoms with Gasteiger partial charge < -0.3 is 9.84 Å². The number of rotatable bonds is 3. The topological polar surface area (TPSA) is 75.2 Å². The minimum absolute atomic E-state index is 0.0120. The number of aromatic amines is 1. The molecule has 5 nitrogen and oxygen atoms in total. The van der Waals surface area contributed by atoms with E-state index in [1.54, 1.807) is 21.0 Å². The van der Waals surface area contributed by atoms with Crippen molar-refractivity contribution in [3.05, 3.63) is 46.8 Å². The Morgan fingerprint density at radius 2 is 2.04 bits per heavy atom. The third kappa shape index (κ3) is 2.55. The van der Waals surface area contributed by atoms with Gasteiger partial charge in [0.05, 0.1) is 24.3 Å². The van der Waals surface area contributed by atoms with Crippen LogP contribution in [-0.2, 0) is 11.2 Å². The molecule has 0 unspecified atom stereocenters. The number of H-pyrrole nitrogens is 1. The van der Waals surface area contributed by atoms with Crippen molar-refractivity contribution in [2.24, 2.45) is 5.92 Å². The molecule has 0 fully saturated rings. The van der Waals surface area contributed by atoms with E-state index in [2.05, 4.69) is 10.2 Å². The van der Waals surface area contributed by atoms with Crippen LogP contribution in [0.3, 0.4) is 0 Å². The number of nitrogens with one attached hydrogen (secondary N) is 1. The normalized spacial score (nSPS) is 26.7. The van der Waals surface area contributed by atoms with Crippen LogP contribution < -0.4 is 4.74 Å². The van der Waals surface area contributed by atoms with Crippen LogP contribution in [0.4, 0.5) is 0 Å². The monoisotopic (exact) mass is 314 g/mol. The van der Waals surface area contributed by atoms with Gasteiger partial charge in [-0.1, -0.05) is 12.1 Å². The molecule has 2 N–H and O–H groups in total. The van der Waals surface area contributed by atoms with Crippen LogP contribution in [0.5, 0.6) is 5.75 Å². The van der Waals surface area contributed by atoms with E-state index in [1.165, 1.54) is 0 Å². The Hall–Kier alpha value is -2.14. The van der Waals surface area contributed by atoms with Gasteiger partial charge in [-0.3, -0.25) is 9.89 Å². The van der Waals surface area contributed by atoms with E-state index in [-0.39, 0.29) is 11.7 Å². The largest absolute Gasteiger partial charge is 0.497 e. The Kier molecular flexibility index (Phi) is 3.76. The average molecular weight is 314 g/mol. The molecule has 0 spiro atoms. The zero-order valence-electron chi connectivity index (χ0n) is 13.9. The number of benzene rings is 1. The number of aryl methyl sites for hydroxylation is 1. The Morgan fingerprint density at radius 1 is 1.39 bits per heavy atom. The predicted molar refractivity (Wildman–Crippen MR) is 86.7 cm³/mol. The minimum Gasteiger partial charge on any atom is -0.497 e. The second-order valence-electron chi connectivity index (χ2n) is 6.58. The van der Waals surface area contributed by atoms with Gasteiger partial charge in [0.25, 0.3) is 0 Å². The number of nitrogens with zero attached hydrogens (tertiary/aromatic N) is 1. The fraction of sp³-hybridized carbons (Fsp3) is 0.444. The molecule has 23 heavy (non-hydrogen) atoms. The number of ketones is 1. The highest BCUT2D eigenvalue weighted by Crippen LogP contribution is 2.46. The first-order valence-corrected chi connectivity index (χ1v) is 7.75. The molecule has 3 atom stereocenters. The number of hydrogen-bond donors (Lipinski definition) is 2. The zero-order valence-corrected chi connectivity index (χ0v) is 13.9. The molecule has 1 aromatic heterocycles. The molecule has 2 aromatic rings. The SMILES string of the molecule is COc1ccc([C@@H]2c3c(n[nH]c3C)C[C@](C)(O)[C@H]2C(C)=O)cc1. The smallest absolute Gasteiger partial charge is 0.136 e. The first-order valence-electron chi connectivity index (χ1n) is 7.75. The highest BCUT2D eigenvalue weighted by atomic mass is 16.5. The van der Waals surface area contributed by atoms with E-state index in [4.69, 9.17) is 4.74 Å². The summed E-state index contributed by atoms with van der Waals surface area (Å²) >= 11 is 0. The van der Waals surface area contributed by atoms with Gasteiger partial charge in [0.2, 0.25) is 0 Å². The highest BCUT2D eigenvalue weighted by molar-refractivity contribution is 5.82. The van der Waals surface area contributed by atoms with Crippen molar-refractivity contribution in [2.75, 3.05) is 7.11 Å². The molecular weight excluding hydrogens is 292 g/mol. The van der Waals surface area contributed by atoms with E-state index in [0.29, 0.717) is 6.42 Å². The summed E-state index contributed by atoms with van der Waals surface area (Å²) in [5, 5.41) is 18.2. The fourth-order valence-electron chi connectivity index (χ4n) is 3.85. The second kappa shape index (κ2) is 5.49. The van der Waals surface area contributed by atoms with Gasteiger partial charge in [0.1, 0.15) is 11.5 Å². The summed E-state index contributed by atoms with van der Waals surface area (Å²) < 4.78 is 5.22. The third-order valence-corrected chi connectivity index (χ3v) is 4.83. The molecule has 1 aliphatic carbocycles.